The number of amides is 1. The van der Waals surface area contributed by atoms with Crippen molar-refractivity contribution in [2.24, 2.45) is 5.92 Å². The molecule has 12 heteroatoms. The molecule has 272 valence electrons. The zero-order chi connectivity index (χ0) is 36.4. The highest BCUT2D eigenvalue weighted by Gasteiger charge is 2.42. The van der Waals surface area contributed by atoms with E-state index in [4.69, 9.17) is 42.4 Å². The summed E-state index contributed by atoms with van der Waals surface area (Å²) < 4.78 is 18.6. The molecule has 0 radical (unpaired) electrons. The number of halogens is 2. The highest BCUT2D eigenvalue weighted by atomic mass is 35.5. The second-order valence-electron chi connectivity index (χ2n) is 13.6. The number of carbonyl (C=O) groups excluding carboxylic acids is 2. The molecular weight excluding hydrogens is 719 g/mol. The second kappa shape index (κ2) is 15.5. The molecule has 2 aliphatic rings. The van der Waals surface area contributed by atoms with Crippen molar-refractivity contribution in [1.82, 2.24) is 19.4 Å². The lowest BCUT2D eigenvalue weighted by Crippen LogP contribution is -2.41. The number of ketones is 1. The summed E-state index contributed by atoms with van der Waals surface area (Å²) in [7, 11) is 4.62. The first kappa shape index (κ1) is 36.3. The lowest BCUT2D eigenvalue weighted by molar-refractivity contribution is 0.0777. The van der Waals surface area contributed by atoms with Gasteiger partial charge in [-0.3, -0.25) is 9.59 Å². The number of methoxy groups -OCH3 is 3. The van der Waals surface area contributed by atoms with Gasteiger partial charge in [-0.05, 0) is 98.7 Å². The third-order valence-corrected chi connectivity index (χ3v) is 12.3. The summed E-state index contributed by atoms with van der Waals surface area (Å²) in [6.07, 6.45) is 3.13. The molecule has 4 heterocycles. The van der Waals surface area contributed by atoms with E-state index >= 15 is 0 Å². The van der Waals surface area contributed by atoms with Crippen LogP contribution < -0.4 is 14.2 Å². The average Bonchev–Trinajstić information content (AvgIpc) is 3.94. The number of rotatable bonds is 12. The van der Waals surface area contributed by atoms with Crippen LogP contribution in [0.2, 0.25) is 10.0 Å². The number of para-hydroxylation sites is 2. The third kappa shape index (κ3) is 7.14. The van der Waals surface area contributed by atoms with Crippen LogP contribution in [0.15, 0.2) is 72.1 Å². The molecule has 1 atom stereocenters. The van der Waals surface area contributed by atoms with Crippen molar-refractivity contribution < 1.29 is 23.8 Å². The van der Waals surface area contributed by atoms with Crippen molar-refractivity contribution in [2.45, 2.75) is 37.6 Å². The first-order valence-corrected chi connectivity index (χ1v) is 19.2. The maximum atomic E-state index is 14.0. The van der Waals surface area contributed by atoms with Crippen LogP contribution in [0.5, 0.6) is 17.2 Å². The summed E-state index contributed by atoms with van der Waals surface area (Å²) in [5, 5.41) is 3.06. The zero-order valence-corrected chi connectivity index (χ0v) is 31.9. The number of ether oxygens (including phenoxy) is 3. The highest BCUT2D eigenvalue weighted by molar-refractivity contribution is 7.09. The molecular formula is C40H42Cl2N4O5S. The van der Waals surface area contributed by atoms with Gasteiger partial charge in [-0.1, -0.05) is 47.5 Å². The van der Waals surface area contributed by atoms with E-state index in [-0.39, 0.29) is 23.0 Å². The van der Waals surface area contributed by atoms with Crippen molar-refractivity contribution in [3.8, 4) is 17.2 Å². The Balaban J connectivity index is 1.06. The smallest absolute Gasteiger partial charge is 0.254 e. The van der Waals surface area contributed by atoms with E-state index in [9.17, 15) is 9.59 Å². The van der Waals surface area contributed by atoms with Gasteiger partial charge >= 0.3 is 0 Å². The van der Waals surface area contributed by atoms with Crippen molar-refractivity contribution in [3.05, 3.63) is 104 Å². The van der Waals surface area contributed by atoms with Gasteiger partial charge in [-0.25, -0.2) is 4.98 Å². The lowest BCUT2D eigenvalue weighted by Gasteiger charge is -2.36. The average molecular weight is 762 g/mol. The second-order valence-corrected chi connectivity index (χ2v) is 15.5. The van der Waals surface area contributed by atoms with Gasteiger partial charge in [0.25, 0.3) is 5.91 Å². The Bertz CT molecular complexity index is 2050. The summed E-state index contributed by atoms with van der Waals surface area (Å²) in [5.74, 6) is 1.79. The van der Waals surface area contributed by atoms with Gasteiger partial charge in [-0.15, -0.1) is 11.3 Å². The molecule has 2 aliphatic heterocycles. The minimum Gasteiger partial charge on any atom is -0.493 e. The number of carbonyl (C=O) groups is 2. The van der Waals surface area contributed by atoms with E-state index < -0.39 is 0 Å². The van der Waals surface area contributed by atoms with E-state index in [1.54, 1.807) is 44.8 Å². The molecule has 2 saturated heterocycles. The fourth-order valence-corrected chi connectivity index (χ4v) is 8.79. The fraction of sp³-hybridized carbons (Fsp3) is 0.375. The van der Waals surface area contributed by atoms with Crippen molar-refractivity contribution in [3.63, 3.8) is 0 Å². The largest absolute Gasteiger partial charge is 0.493 e. The van der Waals surface area contributed by atoms with Crippen molar-refractivity contribution >= 4 is 57.3 Å². The number of Topliss-reactive ketones (excluding diaryl/α,β-unsaturated/α-hetero) is 1. The predicted octanol–water partition coefficient (Wildman–Crippen LogP) is 8.25. The minimum absolute atomic E-state index is 0.0859. The van der Waals surface area contributed by atoms with Gasteiger partial charge in [0.1, 0.15) is 0 Å². The molecule has 5 aromatic rings. The molecule has 0 aliphatic carbocycles. The number of nitrogens with zero attached hydrogens (tertiary/aromatic N) is 4. The number of piperidine rings is 1. The molecule has 0 N–H and O–H groups in total. The van der Waals surface area contributed by atoms with E-state index in [0.29, 0.717) is 58.3 Å². The predicted molar refractivity (Wildman–Crippen MR) is 206 cm³/mol. The van der Waals surface area contributed by atoms with Crippen LogP contribution in [-0.4, -0.2) is 85.1 Å². The first-order valence-electron chi connectivity index (χ1n) is 17.5. The number of aromatic nitrogens is 2. The summed E-state index contributed by atoms with van der Waals surface area (Å²) in [6.45, 7) is 4.19. The van der Waals surface area contributed by atoms with Crippen molar-refractivity contribution in [2.75, 3.05) is 54.1 Å². The molecule has 9 nitrogen and oxygen atoms in total. The highest BCUT2D eigenvalue weighted by Crippen LogP contribution is 2.43. The molecule has 1 amide bonds. The number of imidazole rings is 1. The molecule has 1 unspecified atom stereocenters. The maximum Gasteiger partial charge on any atom is 0.254 e. The van der Waals surface area contributed by atoms with E-state index in [1.807, 2.05) is 53.4 Å². The van der Waals surface area contributed by atoms with Gasteiger partial charge in [0.2, 0.25) is 11.5 Å². The Morgan fingerprint density at radius 3 is 2.33 bits per heavy atom. The number of fused-ring (bicyclic) bond motifs is 1. The SMILES string of the molecule is COc1cc(C(=O)N2CCC(CCN3CCC(C(=O)c4nc5ccccc5n4Cc4cccs4)CC3)(c3ccc(Cl)c(Cl)c3)C2)cc(OC)c1OC. The van der Waals surface area contributed by atoms with Crippen LogP contribution in [0.1, 0.15) is 57.1 Å². The van der Waals surface area contributed by atoms with E-state index in [2.05, 4.69) is 20.9 Å². The number of benzene rings is 3. The van der Waals surface area contributed by atoms with Crippen LogP contribution in [0.4, 0.5) is 0 Å². The molecule has 52 heavy (non-hydrogen) atoms. The quantitative estimate of drug-likeness (QED) is 0.119. The number of likely N-dealkylation sites (tertiary alicyclic amines) is 2. The third-order valence-electron chi connectivity index (χ3n) is 10.7. The lowest BCUT2D eigenvalue weighted by atomic mass is 9.76. The monoisotopic (exact) mass is 760 g/mol. The molecule has 3 aromatic carbocycles. The Morgan fingerprint density at radius 2 is 1.65 bits per heavy atom. The molecule has 0 bridgehead atoms. The summed E-state index contributed by atoms with van der Waals surface area (Å²) in [6, 6.07) is 21.4. The number of hydrogen-bond acceptors (Lipinski definition) is 8. The van der Waals surface area contributed by atoms with Gasteiger partial charge in [0, 0.05) is 34.9 Å². The Kier molecular flexibility index (Phi) is 10.8. The summed E-state index contributed by atoms with van der Waals surface area (Å²) >= 11 is 14.6. The number of thiophene rings is 1. The zero-order valence-electron chi connectivity index (χ0n) is 29.6. The van der Waals surface area contributed by atoms with Crippen LogP contribution in [-0.2, 0) is 12.0 Å². The Labute approximate surface area is 318 Å². The van der Waals surface area contributed by atoms with Crippen LogP contribution in [0, 0.1) is 5.92 Å². The molecule has 7 rings (SSSR count). The molecule has 0 spiro atoms. The fourth-order valence-electron chi connectivity index (χ4n) is 7.80. The minimum atomic E-state index is -0.330. The molecule has 0 saturated carbocycles. The molecule has 2 aromatic heterocycles. The Hall–Kier alpha value is -4.09. The molecule has 2 fully saturated rings. The topological polar surface area (TPSA) is 86.1 Å². The van der Waals surface area contributed by atoms with E-state index in [1.165, 1.54) is 4.88 Å². The summed E-state index contributed by atoms with van der Waals surface area (Å²) in [4.78, 5) is 38.4. The van der Waals surface area contributed by atoms with Crippen LogP contribution >= 0.6 is 34.5 Å². The van der Waals surface area contributed by atoms with Gasteiger partial charge < -0.3 is 28.6 Å². The van der Waals surface area contributed by atoms with Crippen LogP contribution in [0.3, 0.4) is 0 Å². The van der Waals surface area contributed by atoms with Gasteiger partial charge in [0.05, 0.1) is 49.0 Å². The van der Waals surface area contributed by atoms with E-state index in [0.717, 1.165) is 61.9 Å². The van der Waals surface area contributed by atoms with Gasteiger partial charge in [-0.2, -0.15) is 0 Å². The number of hydrogen-bond donors (Lipinski definition) is 0. The normalized spacial score (nSPS) is 18.2. The van der Waals surface area contributed by atoms with Gasteiger partial charge in [0.15, 0.2) is 17.3 Å². The summed E-state index contributed by atoms with van der Waals surface area (Å²) in [5.41, 5.74) is 3.04. The van der Waals surface area contributed by atoms with Crippen molar-refractivity contribution in [1.29, 1.82) is 0 Å². The maximum absolute atomic E-state index is 14.0. The standard InChI is InChI=1S/C40H42Cl2N4O5S/c1-49-34-21-27(22-35(50-2)37(34)51-3)39(48)45-19-15-40(25-45,28-10-11-30(41)31(42)23-28)14-18-44-16-12-26(13-17-44)36(47)38-43-32-8-4-5-9-33(32)46(38)24-29-7-6-20-52-29/h4-11,20-23,26H,12-19,24-25H2,1-3H3. The van der Waals surface area contributed by atoms with Crippen LogP contribution in [0.25, 0.3) is 11.0 Å². The Morgan fingerprint density at radius 1 is 0.904 bits per heavy atom. The first-order chi connectivity index (χ1) is 25.2.